The van der Waals surface area contributed by atoms with Crippen LogP contribution in [0.25, 0.3) is 0 Å². The molecule has 16 nitrogen and oxygen atoms in total. The van der Waals surface area contributed by atoms with E-state index in [1.807, 2.05) is 27.7 Å². The van der Waals surface area contributed by atoms with Gasteiger partial charge < -0.3 is 40.5 Å². The zero-order valence-corrected chi connectivity index (χ0v) is 30.4. The van der Waals surface area contributed by atoms with Gasteiger partial charge in [0.25, 0.3) is 0 Å². The number of ether oxygens (including phenoxy) is 2. The van der Waals surface area contributed by atoms with Gasteiger partial charge in [0, 0.05) is 24.5 Å². The largest absolute Gasteiger partial charge is 0.453 e. The van der Waals surface area contributed by atoms with Gasteiger partial charge in [0.2, 0.25) is 23.6 Å². The minimum Gasteiger partial charge on any atom is -0.453 e. The van der Waals surface area contributed by atoms with Crippen molar-refractivity contribution in [1.29, 1.82) is 0 Å². The third-order valence-corrected chi connectivity index (χ3v) is 9.01. The van der Waals surface area contributed by atoms with Crippen molar-refractivity contribution >= 4 is 58.6 Å². The van der Waals surface area contributed by atoms with Crippen molar-refractivity contribution in [2.24, 2.45) is 22.1 Å². The molecule has 2 aromatic carbocycles. The minimum atomic E-state index is -0.817. The highest BCUT2D eigenvalue weighted by Crippen LogP contribution is 2.26. The monoisotopic (exact) mass is 720 g/mol. The molecule has 0 unspecified atom stereocenters. The Morgan fingerprint density at radius 1 is 0.615 bits per heavy atom. The molecule has 0 aliphatic carbocycles. The average Bonchev–Trinajstić information content (AvgIpc) is 3.83. The summed E-state index contributed by atoms with van der Waals surface area (Å²) in [5.74, 6) is -1.71. The number of nitrogens with zero attached hydrogens (tertiary/aromatic N) is 4. The highest BCUT2D eigenvalue weighted by atomic mass is 16.5. The molecule has 4 atom stereocenters. The van der Waals surface area contributed by atoms with Crippen molar-refractivity contribution in [1.82, 2.24) is 20.4 Å². The number of benzene rings is 2. The summed E-state index contributed by atoms with van der Waals surface area (Å²) in [4.78, 5) is 79.5. The van der Waals surface area contributed by atoms with Crippen LogP contribution in [0, 0.1) is 11.8 Å². The van der Waals surface area contributed by atoms with Crippen LogP contribution >= 0.6 is 0 Å². The molecule has 2 heterocycles. The summed E-state index contributed by atoms with van der Waals surface area (Å²) < 4.78 is 9.33. The maximum absolute atomic E-state index is 13.3. The Morgan fingerprint density at radius 3 is 1.27 bits per heavy atom. The van der Waals surface area contributed by atoms with Gasteiger partial charge in [-0.1, -0.05) is 27.7 Å². The number of likely N-dealkylation sites (tertiary alicyclic amines) is 2. The van der Waals surface area contributed by atoms with Gasteiger partial charge in [0.1, 0.15) is 24.2 Å². The first-order valence-electron chi connectivity index (χ1n) is 17.4. The molecule has 2 aliphatic rings. The Bertz CT molecular complexity index is 1510. The summed E-state index contributed by atoms with van der Waals surface area (Å²) in [6, 6.07) is 10.5. The lowest BCUT2D eigenvalue weighted by Gasteiger charge is -2.30. The number of amides is 6. The fourth-order valence-corrected chi connectivity index (χ4v) is 6.15. The second-order valence-electron chi connectivity index (χ2n) is 13.4. The van der Waals surface area contributed by atoms with Gasteiger partial charge in [0.05, 0.1) is 25.6 Å². The predicted molar refractivity (Wildman–Crippen MR) is 192 cm³/mol. The quantitative estimate of drug-likeness (QED) is 0.226. The zero-order chi connectivity index (χ0) is 37.9. The Morgan fingerprint density at radius 2 is 0.962 bits per heavy atom. The van der Waals surface area contributed by atoms with Gasteiger partial charge in [-0.2, -0.15) is 10.2 Å². The normalized spacial score (nSPS) is 18.2. The number of carbonyl (C=O) groups excluding carboxylic acids is 6. The summed E-state index contributed by atoms with van der Waals surface area (Å²) in [7, 11) is 2.46. The second kappa shape index (κ2) is 18.1. The summed E-state index contributed by atoms with van der Waals surface area (Å²) in [5, 5.41) is 19.4. The average molecular weight is 721 g/mol. The molecule has 4 rings (SSSR count). The molecule has 6 amide bonds. The first-order valence-corrected chi connectivity index (χ1v) is 17.4. The van der Waals surface area contributed by atoms with Crippen LogP contribution in [-0.4, -0.2) is 97.1 Å². The van der Waals surface area contributed by atoms with E-state index in [1.54, 1.807) is 48.5 Å². The van der Waals surface area contributed by atoms with Crippen molar-refractivity contribution in [3.63, 3.8) is 0 Å². The van der Waals surface area contributed by atoms with Crippen LogP contribution in [0.2, 0.25) is 0 Å². The summed E-state index contributed by atoms with van der Waals surface area (Å²) in [6.07, 6.45) is 0.917. The van der Waals surface area contributed by atoms with Crippen LogP contribution in [0.5, 0.6) is 0 Å². The number of hydrogen-bond donors (Lipinski definition) is 4. The van der Waals surface area contributed by atoms with Crippen LogP contribution in [-0.2, 0) is 28.7 Å². The fourth-order valence-electron chi connectivity index (χ4n) is 6.15. The first kappa shape index (κ1) is 39.2. The number of anilines is 2. The predicted octanol–water partition coefficient (Wildman–Crippen LogP) is 4.72. The van der Waals surface area contributed by atoms with Crippen molar-refractivity contribution in [2.75, 3.05) is 37.9 Å². The molecule has 2 aliphatic heterocycles. The van der Waals surface area contributed by atoms with E-state index in [4.69, 9.17) is 0 Å². The van der Waals surface area contributed by atoms with E-state index in [2.05, 4.69) is 41.0 Å². The Balaban J connectivity index is 1.31. The molecule has 0 spiro atoms. The Labute approximate surface area is 303 Å². The van der Waals surface area contributed by atoms with Crippen LogP contribution in [0.4, 0.5) is 32.3 Å². The van der Waals surface area contributed by atoms with E-state index < -0.39 is 36.4 Å². The molecule has 52 heavy (non-hydrogen) atoms. The molecule has 2 aromatic rings. The lowest BCUT2D eigenvalue weighted by molar-refractivity contribution is -0.139. The molecule has 0 bridgehead atoms. The van der Waals surface area contributed by atoms with Crippen LogP contribution in [0.1, 0.15) is 53.4 Å². The van der Waals surface area contributed by atoms with Crippen molar-refractivity contribution < 1.29 is 38.2 Å². The standard InChI is InChI=1S/C36H48N8O8/c1-21(2)29(39-35(49)51-5)33(47)43-19-7-9-27(43)31(45)37-23-11-15-25(16-12-23)41-42-26-17-13-24(14-18-26)38-32(46)28-10-8-20-44(28)34(48)30(22(3)4)40-36(50)52-6/h11-18,21-22,27-30H,7-10,19-20H2,1-6H3,(H,37,45)(H,38,46)(H,39,49)(H,40,50)/b42-41+/t27-,28-,29-,30-/m0/s1. The van der Waals surface area contributed by atoms with E-state index in [1.165, 1.54) is 24.0 Å². The van der Waals surface area contributed by atoms with Gasteiger partial charge in [0.15, 0.2) is 0 Å². The third kappa shape index (κ3) is 10.0. The zero-order valence-electron chi connectivity index (χ0n) is 30.4. The molecule has 2 fully saturated rings. The number of hydrogen-bond acceptors (Lipinski definition) is 10. The van der Waals surface area contributed by atoms with Crippen LogP contribution in [0.3, 0.4) is 0 Å². The number of rotatable bonds is 12. The maximum atomic E-state index is 13.3. The van der Waals surface area contributed by atoms with E-state index in [-0.39, 0.29) is 35.5 Å². The van der Waals surface area contributed by atoms with E-state index in [0.29, 0.717) is 61.5 Å². The van der Waals surface area contributed by atoms with E-state index in [0.717, 1.165) is 0 Å². The van der Waals surface area contributed by atoms with Crippen molar-refractivity contribution in [2.45, 2.75) is 77.5 Å². The molecule has 4 N–H and O–H groups in total. The molecule has 16 heteroatoms. The Kier molecular flexibility index (Phi) is 13.7. The number of methoxy groups -OCH3 is 2. The third-order valence-electron chi connectivity index (χ3n) is 9.01. The van der Waals surface area contributed by atoms with E-state index in [9.17, 15) is 28.8 Å². The minimum absolute atomic E-state index is 0.203. The number of carbonyl (C=O) groups is 6. The van der Waals surface area contributed by atoms with Gasteiger partial charge in [-0.05, 0) is 86.1 Å². The van der Waals surface area contributed by atoms with Gasteiger partial charge in [-0.25, -0.2) is 9.59 Å². The number of azo groups is 1. The molecule has 280 valence electrons. The maximum Gasteiger partial charge on any atom is 0.407 e. The van der Waals surface area contributed by atoms with Gasteiger partial charge >= 0.3 is 12.2 Å². The summed E-state index contributed by atoms with van der Waals surface area (Å²) >= 11 is 0. The molecular formula is C36H48N8O8. The lowest BCUT2D eigenvalue weighted by Crippen LogP contribution is -2.54. The SMILES string of the molecule is COC(=O)N[C@H](C(=O)N1CCC[C@H]1C(=O)Nc1ccc(/N=N/c2ccc(NC(=O)[C@@H]3CCCN3C(=O)[C@@H](NC(=O)OC)C(C)C)cc2)cc1)C(C)C. The highest BCUT2D eigenvalue weighted by molar-refractivity contribution is 5.99. The van der Waals surface area contributed by atoms with E-state index >= 15 is 0 Å². The van der Waals surface area contributed by atoms with Crippen molar-refractivity contribution in [3.8, 4) is 0 Å². The summed E-state index contributed by atoms with van der Waals surface area (Å²) in [5.41, 5.74) is 2.13. The molecule has 0 saturated carbocycles. The van der Waals surface area contributed by atoms with Crippen LogP contribution in [0.15, 0.2) is 58.8 Å². The van der Waals surface area contributed by atoms with Gasteiger partial charge in [-0.3, -0.25) is 19.2 Å². The van der Waals surface area contributed by atoms with Crippen molar-refractivity contribution in [3.05, 3.63) is 48.5 Å². The fraction of sp³-hybridized carbons (Fsp3) is 0.500. The smallest absolute Gasteiger partial charge is 0.407 e. The first-order chi connectivity index (χ1) is 24.8. The molecule has 0 aromatic heterocycles. The number of nitrogens with one attached hydrogen (secondary N) is 4. The van der Waals surface area contributed by atoms with Gasteiger partial charge in [-0.15, -0.1) is 0 Å². The number of alkyl carbamates (subject to hydrolysis) is 2. The molecule has 2 saturated heterocycles. The highest BCUT2D eigenvalue weighted by Gasteiger charge is 2.40. The Hall–Kier alpha value is -5.54. The molecular weight excluding hydrogens is 672 g/mol. The lowest BCUT2D eigenvalue weighted by atomic mass is 10.0. The molecule has 0 radical (unpaired) electrons. The van der Waals surface area contributed by atoms with Crippen LogP contribution < -0.4 is 21.3 Å². The second-order valence-corrected chi connectivity index (χ2v) is 13.4. The summed E-state index contributed by atoms with van der Waals surface area (Å²) in [6.45, 7) is 8.07. The topological polar surface area (TPSA) is 200 Å².